The summed E-state index contributed by atoms with van der Waals surface area (Å²) in [5.41, 5.74) is -0.536. The van der Waals surface area contributed by atoms with Gasteiger partial charge in [-0.3, -0.25) is 0 Å². The number of likely N-dealkylation sites (tertiary alicyclic amines) is 1. The standard InChI is InChI=1S/C10H21NO2.C2H6/c1-10(2,13)9-3-5-11(6-4-9)7-8-12;1-2/h9,12-13H,3-8H2,1-2H3;1-2H3. The monoisotopic (exact) mass is 217 g/mol. The number of β-amino-alcohol motifs (C(OH)–C–C–N with tert-alkyl or cyclic N) is 1. The molecule has 1 aliphatic heterocycles. The van der Waals surface area contributed by atoms with Gasteiger partial charge >= 0.3 is 0 Å². The number of aliphatic hydroxyl groups excluding tert-OH is 1. The van der Waals surface area contributed by atoms with Crippen molar-refractivity contribution in [3.05, 3.63) is 0 Å². The highest BCUT2D eigenvalue weighted by Gasteiger charge is 2.29. The van der Waals surface area contributed by atoms with Crippen LogP contribution >= 0.6 is 0 Å². The lowest BCUT2D eigenvalue weighted by atomic mass is 9.83. The predicted molar refractivity (Wildman–Crippen MR) is 63.9 cm³/mol. The summed E-state index contributed by atoms with van der Waals surface area (Å²) in [7, 11) is 0. The van der Waals surface area contributed by atoms with Gasteiger partial charge in [0, 0.05) is 6.54 Å². The van der Waals surface area contributed by atoms with Crippen molar-refractivity contribution >= 4 is 0 Å². The maximum absolute atomic E-state index is 9.79. The van der Waals surface area contributed by atoms with Crippen molar-refractivity contribution in [3.63, 3.8) is 0 Å². The van der Waals surface area contributed by atoms with Gasteiger partial charge in [0.1, 0.15) is 0 Å². The van der Waals surface area contributed by atoms with Crippen LogP contribution in [0.3, 0.4) is 0 Å². The van der Waals surface area contributed by atoms with Crippen LogP contribution in [0.25, 0.3) is 0 Å². The third-order valence-corrected chi connectivity index (χ3v) is 3.00. The Morgan fingerprint density at radius 3 is 2.00 bits per heavy atom. The van der Waals surface area contributed by atoms with E-state index < -0.39 is 5.60 Å². The van der Waals surface area contributed by atoms with Gasteiger partial charge in [0.2, 0.25) is 0 Å². The molecule has 0 bridgehead atoms. The maximum Gasteiger partial charge on any atom is 0.0620 e. The van der Waals surface area contributed by atoms with E-state index in [4.69, 9.17) is 5.11 Å². The van der Waals surface area contributed by atoms with Crippen LogP contribution in [0.1, 0.15) is 40.5 Å². The third-order valence-electron chi connectivity index (χ3n) is 3.00. The Kier molecular flexibility index (Phi) is 7.14. The van der Waals surface area contributed by atoms with Crippen LogP contribution in [0.15, 0.2) is 0 Å². The Bertz CT molecular complexity index is 146. The van der Waals surface area contributed by atoms with E-state index >= 15 is 0 Å². The molecule has 1 heterocycles. The van der Waals surface area contributed by atoms with Crippen LogP contribution in [0.4, 0.5) is 0 Å². The van der Waals surface area contributed by atoms with Crippen molar-refractivity contribution in [2.75, 3.05) is 26.2 Å². The van der Waals surface area contributed by atoms with Gasteiger partial charge in [-0.25, -0.2) is 0 Å². The first-order valence-electron chi connectivity index (χ1n) is 6.09. The van der Waals surface area contributed by atoms with E-state index in [9.17, 15) is 5.11 Å². The highest BCUT2D eigenvalue weighted by molar-refractivity contribution is 4.82. The molecule has 0 aliphatic carbocycles. The van der Waals surface area contributed by atoms with E-state index in [1.807, 2.05) is 27.7 Å². The SMILES string of the molecule is CC.CC(C)(O)C1CCN(CCO)CC1. The highest BCUT2D eigenvalue weighted by Crippen LogP contribution is 2.27. The molecule has 0 unspecified atom stereocenters. The number of rotatable bonds is 3. The first-order valence-corrected chi connectivity index (χ1v) is 6.09. The normalized spacial score (nSPS) is 19.6. The van der Waals surface area contributed by atoms with Crippen LogP contribution in [0.5, 0.6) is 0 Å². The molecule has 0 aromatic rings. The molecule has 92 valence electrons. The van der Waals surface area contributed by atoms with Gasteiger partial charge in [0.15, 0.2) is 0 Å². The number of nitrogens with zero attached hydrogens (tertiary/aromatic N) is 1. The van der Waals surface area contributed by atoms with Gasteiger partial charge in [0.25, 0.3) is 0 Å². The van der Waals surface area contributed by atoms with Crippen molar-refractivity contribution in [2.24, 2.45) is 5.92 Å². The van der Waals surface area contributed by atoms with E-state index in [0.29, 0.717) is 5.92 Å². The zero-order valence-electron chi connectivity index (χ0n) is 10.7. The smallest absolute Gasteiger partial charge is 0.0620 e. The van der Waals surface area contributed by atoms with E-state index in [2.05, 4.69) is 4.90 Å². The Hall–Kier alpha value is -0.120. The Morgan fingerprint density at radius 1 is 1.20 bits per heavy atom. The number of hydrogen-bond donors (Lipinski definition) is 2. The van der Waals surface area contributed by atoms with E-state index in [1.165, 1.54) is 0 Å². The van der Waals surface area contributed by atoms with Gasteiger partial charge in [0.05, 0.1) is 12.2 Å². The van der Waals surface area contributed by atoms with Gasteiger partial charge in [-0.1, -0.05) is 13.8 Å². The fourth-order valence-electron chi connectivity index (χ4n) is 2.00. The van der Waals surface area contributed by atoms with Crippen molar-refractivity contribution in [1.29, 1.82) is 0 Å². The Labute approximate surface area is 94.1 Å². The van der Waals surface area contributed by atoms with E-state index in [1.54, 1.807) is 0 Å². The molecule has 15 heavy (non-hydrogen) atoms. The molecule has 1 rings (SSSR count). The van der Waals surface area contributed by atoms with E-state index in [-0.39, 0.29) is 6.61 Å². The van der Waals surface area contributed by atoms with Gasteiger partial charge < -0.3 is 15.1 Å². The zero-order valence-corrected chi connectivity index (χ0v) is 10.7. The van der Waals surface area contributed by atoms with Gasteiger partial charge in [-0.2, -0.15) is 0 Å². The minimum Gasteiger partial charge on any atom is -0.395 e. The van der Waals surface area contributed by atoms with Crippen LogP contribution in [0, 0.1) is 5.92 Å². The quantitative estimate of drug-likeness (QED) is 0.753. The van der Waals surface area contributed by atoms with Crippen LogP contribution in [0.2, 0.25) is 0 Å². The van der Waals surface area contributed by atoms with Crippen molar-refractivity contribution in [1.82, 2.24) is 4.90 Å². The minimum absolute atomic E-state index is 0.243. The van der Waals surface area contributed by atoms with Crippen molar-refractivity contribution in [2.45, 2.75) is 46.1 Å². The summed E-state index contributed by atoms with van der Waals surface area (Å²) in [6.07, 6.45) is 2.09. The lowest BCUT2D eigenvalue weighted by Crippen LogP contribution is -2.42. The fourth-order valence-corrected chi connectivity index (χ4v) is 2.00. The fraction of sp³-hybridized carbons (Fsp3) is 1.00. The number of aliphatic hydroxyl groups is 2. The van der Waals surface area contributed by atoms with Crippen molar-refractivity contribution < 1.29 is 10.2 Å². The Morgan fingerprint density at radius 2 is 1.67 bits per heavy atom. The summed E-state index contributed by atoms with van der Waals surface area (Å²) in [5.74, 6) is 0.419. The second kappa shape index (κ2) is 7.20. The number of piperidine rings is 1. The molecule has 3 heteroatoms. The molecule has 1 aliphatic rings. The lowest BCUT2D eigenvalue weighted by Gasteiger charge is -2.37. The first kappa shape index (κ1) is 14.9. The minimum atomic E-state index is -0.536. The van der Waals surface area contributed by atoms with Gasteiger partial charge in [-0.05, 0) is 45.7 Å². The molecule has 3 nitrogen and oxygen atoms in total. The summed E-state index contributed by atoms with van der Waals surface area (Å²) < 4.78 is 0. The Balaban J connectivity index is 0.000000921. The van der Waals surface area contributed by atoms with Crippen LogP contribution < -0.4 is 0 Å². The molecule has 0 aromatic carbocycles. The molecule has 0 amide bonds. The second-order valence-electron chi connectivity index (χ2n) is 4.49. The largest absolute Gasteiger partial charge is 0.395 e. The summed E-state index contributed by atoms with van der Waals surface area (Å²) in [5, 5.41) is 18.5. The molecular formula is C12H27NO2. The molecular weight excluding hydrogens is 190 g/mol. The summed E-state index contributed by atoms with van der Waals surface area (Å²) in [6, 6.07) is 0. The predicted octanol–water partition coefficient (Wildman–Crippen LogP) is 1.49. The molecule has 0 spiro atoms. The summed E-state index contributed by atoms with van der Waals surface area (Å²) in [6.45, 7) is 10.8. The van der Waals surface area contributed by atoms with Crippen LogP contribution in [-0.4, -0.2) is 47.0 Å². The zero-order chi connectivity index (χ0) is 11.9. The first-order chi connectivity index (χ1) is 7.04. The lowest BCUT2D eigenvalue weighted by molar-refractivity contribution is -0.0141. The molecule has 0 saturated carbocycles. The second-order valence-corrected chi connectivity index (χ2v) is 4.49. The molecule has 1 fully saturated rings. The molecule has 0 atom stereocenters. The number of hydrogen-bond acceptors (Lipinski definition) is 3. The maximum atomic E-state index is 9.79. The topological polar surface area (TPSA) is 43.7 Å². The molecule has 1 saturated heterocycles. The molecule has 0 radical (unpaired) electrons. The molecule has 2 N–H and O–H groups in total. The molecule has 0 aromatic heterocycles. The van der Waals surface area contributed by atoms with Crippen LogP contribution in [-0.2, 0) is 0 Å². The summed E-state index contributed by atoms with van der Waals surface area (Å²) >= 11 is 0. The third kappa shape index (κ3) is 5.50. The van der Waals surface area contributed by atoms with Crippen molar-refractivity contribution in [3.8, 4) is 0 Å². The summed E-state index contributed by atoms with van der Waals surface area (Å²) in [4.78, 5) is 2.25. The van der Waals surface area contributed by atoms with E-state index in [0.717, 1.165) is 32.5 Å². The average molecular weight is 217 g/mol. The van der Waals surface area contributed by atoms with Gasteiger partial charge in [-0.15, -0.1) is 0 Å². The average Bonchev–Trinajstić information content (AvgIpc) is 2.21. The highest BCUT2D eigenvalue weighted by atomic mass is 16.3.